The van der Waals surface area contributed by atoms with E-state index in [1.165, 1.54) is 16.8 Å². The minimum atomic E-state index is -0.243. The van der Waals surface area contributed by atoms with Crippen LogP contribution in [0.5, 0.6) is 0 Å². The van der Waals surface area contributed by atoms with Crippen LogP contribution in [0.4, 0.5) is 5.69 Å². The molecule has 1 rings (SSSR count). The molecule has 20 heavy (non-hydrogen) atoms. The number of hydrogen-bond donors (Lipinski definition) is 2. The quantitative estimate of drug-likeness (QED) is 0.839. The summed E-state index contributed by atoms with van der Waals surface area (Å²) in [5.74, 6) is 0. The third-order valence-electron chi connectivity index (χ3n) is 3.38. The van der Waals surface area contributed by atoms with Crippen LogP contribution < -0.4 is 10.2 Å². The van der Waals surface area contributed by atoms with Gasteiger partial charge in [0.25, 0.3) is 0 Å². The predicted molar refractivity (Wildman–Crippen MR) is 87.3 cm³/mol. The van der Waals surface area contributed by atoms with Crippen molar-refractivity contribution in [1.82, 2.24) is 5.32 Å². The number of benzene rings is 1. The van der Waals surface area contributed by atoms with Crippen LogP contribution in [0.2, 0.25) is 0 Å². The SMILES string of the molecule is Cc1cc(CNC(C)(C)C)ccc1N(C)CCC(C)O. The summed E-state index contributed by atoms with van der Waals surface area (Å²) in [6, 6.07) is 6.60. The third kappa shape index (κ3) is 5.93. The smallest absolute Gasteiger partial charge is 0.0528 e. The zero-order valence-electron chi connectivity index (χ0n) is 13.8. The molecule has 0 aliphatic carbocycles. The lowest BCUT2D eigenvalue weighted by atomic mass is 10.1. The molecular weight excluding hydrogens is 248 g/mol. The zero-order chi connectivity index (χ0) is 15.3. The molecule has 0 saturated heterocycles. The summed E-state index contributed by atoms with van der Waals surface area (Å²) in [6.07, 6.45) is 0.552. The second-order valence-electron chi connectivity index (χ2n) is 6.78. The predicted octanol–water partition coefficient (Wildman–Crippen LogP) is 3.09. The molecule has 1 unspecified atom stereocenters. The van der Waals surface area contributed by atoms with Gasteiger partial charge in [-0.05, 0) is 58.2 Å². The first-order chi connectivity index (χ1) is 9.19. The van der Waals surface area contributed by atoms with Crippen molar-refractivity contribution in [3.63, 3.8) is 0 Å². The number of aliphatic hydroxyl groups is 1. The number of nitrogens with zero attached hydrogens (tertiary/aromatic N) is 1. The largest absolute Gasteiger partial charge is 0.393 e. The Kier molecular flexibility index (Phi) is 6.03. The summed E-state index contributed by atoms with van der Waals surface area (Å²) in [5, 5.41) is 12.9. The molecule has 0 fully saturated rings. The van der Waals surface area contributed by atoms with Crippen molar-refractivity contribution in [2.75, 3.05) is 18.5 Å². The van der Waals surface area contributed by atoms with Crippen LogP contribution in [0.25, 0.3) is 0 Å². The molecule has 0 bridgehead atoms. The van der Waals surface area contributed by atoms with Crippen molar-refractivity contribution in [3.8, 4) is 0 Å². The fourth-order valence-electron chi connectivity index (χ4n) is 2.12. The Labute approximate surface area is 124 Å². The van der Waals surface area contributed by atoms with E-state index < -0.39 is 0 Å². The van der Waals surface area contributed by atoms with E-state index in [0.717, 1.165) is 19.5 Å². The molecule has 1 aromatic carbocycles. The highest BCUT2D eigenvalue weighted by Crippen LogP contribution is 2.21. The van der Waals surface area contributed by atoms with Crippen LogP contribution in [0, 0.1) is 6.92 Å². The van der Waals surface area contributed by atoms with Crippen molar-refractivity contribution >= 4 is 5.69 Å². The molecule has 0 aliphatic rings. The van der Waals surface area contributed by atoms with Gasteiger partial charge in [0.05, 0.1) is 6.10 Å². The summed E-state index contributed by atoms with van der Waals surface area (Å²) in [4.78, 5) is 2.21. The lowest BCUT2D eigenvalue weighted by Crippen LogP contribution is -2.35. The molecule has 0 spiro atoms. The fraction of sp³-hybridized carbons (Fsp3) is 0.647. The topological polar surface area (TPSA) is 35.5 Å². The van der Waals surface area contributed by atoms with Gasteiger partial charge in [-0.2, -0.15) is 0 Å². The number of nitrogens with one attached hydrogen (secondary N) is 1. The Morgan fingerprint density at radius 2 is 1.95 bits per heavy atom. The van der Waals surface area contributed by atoms with Gasteiger partial charge in [0.2, 0.25) is 0 Å². The minimum absolute atomic E-state index is 0.140. The molecule has 0 heterocycles. The Morgan fingerprint density at radius 3 is 2.45 bits per heavy atom. The van der Waals surface area contributed by atoms with Crippen molar-refractivity contribution in [3.05, 3.63) is 29.3 Å². The average molecular weight is 278 g/mol. The van der Waals surface area contributed by atoms with Crippen molar-refractivity contribution in [2.24, 2.45) is 0 Å². The van der Waals surface area contributed by atoms with Crippen molar-refractivity contribution in [2.45, 2.75) is 59.2 Å². The van der Waals surface area contributed by atoms with Crippen LogP contribution in [-0.2, 0) is 6.54 Å². The number of rotatable bonds is 6. The highest BCUT2D eigenvalue weighted by atomic mass is 16.3. The van der Waals surface area contributed by atoms with E-state index in [0.29, 0.717) is 0 Å². The first-order valence-corrected chi connectivity index (χ1v) is 7.43. The molecule has 0 aliphatic heterocycles. The molecule has 3 heteroatoms. The summed E-state index contributed by atoms with van der Waals surface area (Å²) in [5.41, 5.74) is 3.97. The molecule has 3 nitrogen and oxygen atoms in total. The maximum absolute atomic E-state index is 9.37. The first kappa shape index (κ1) is 17.0. The molecule has 0 saturated carbocycles. The van der Waals surface area contributed by atoms with E-state index >= 15 is 0 Å². The Hall–Kier alpha value is -1.06. The van der Waals surface area contributed by atoms with Gasteiger partial charge in [-0.1, -0.05) is 12.1 Å². The second-order valence-corrected chi connectivity index (χ2v) is 6.78. The van der Waals surface area contributed by atoms with Gasteiger partial charge in [0, 0.05) is 31.4 Å². The standard InChI is InChI=1S/C17H30N2O/c1-13-11-15(12-18-17(3,4)5)7-8-16(13)19(6)10-9-14(2)20/h7-8,11,14,18,20H,9-10,12H2,1-6H3. The van der Waals surface area contributed by atoms with Gasteiger partial charge in [-0.3, -0.25) is 0 Å². The second kappa shape index (κ2) is 7.09. The number of hydrogen-bond acceptors (Lipinski definition) is 3. The normalized spacial score (nSPS) is 13.3. The number of anilines is 1. The van der Waals surface area contributed by atoms with Gasteiger partial charge in [-0.15, -0.1) is 0 Å². The highest BCUT2D eigenvalue weighted by Gasteiger charge is 2.10. The molecule has 2 N–H and O–H groups in total. The van der Waals surface area contributed by atoms with Crippen LogP contribution >= 0.6 is 0 Å². The van der Waals surface area contributed by atoms with E-state index in [9.17, 15) is 5.11 Å². The Bertz CT molecular complexity index is 421. The van der Waals surface area contributed by atoms with Gasteiger partial charge < -0.3 is 15.3 Å². The van der Waals surface area contributed by atoms with E-state index in [4.69, 9.17) is 0 Å². The molecular formula is C17H30N2O. The molecule has 114 valence electrons. The first-order valence-electron chi connectivity index (χ1n) is 7.43. The van der Waals surface area contributed by atoms with Crippen molar-refractivity contribution in [1.29, 1.82) is 0 Å². The minimum Gasteiger partial charge on any atom is -0.393 e. The number of aryl methyl sites for hydroxylation is 1. The van der Waals surface area contributed by atoms with Crippen LogP contribution in [0.3, 0.4) is 0 Å². The van der Waals surface area contributed by atoms with Gasteiger partial charge in [0.15, 0.2) is 0 Å². The van der Waals surface area contributed by atoms with Crippen molar-refractivity contribution < 1.29 is 5.11 Å². The van der Waals surface area contributed by atoms with E-state index in [1.807, 2.05) is 6.92 Å². The van der Waals surface area contributed by atoms with Crippen LogP contribution in [0.1, 0.15) is 45.2 Å². The van der Waals surface area contributed by atoms with Crippen LogP contribution in [0.15, 0.2) is 18.2 Å². The van der Waals surface area contributed by atoms with E-state index in [-0.39, 0.29) is 11.6 Å². The third-order valence-corrected chi connectivity index (χ3v) is 3.38. The summed E-state index contributed by atoms with van der Waals surface area (Å²) < 4.78 is 0. The van der Waals surface area contributed by atoms with Gasteiger partial charge in [-0.25, -0.2) is 0 Å². The molecule has 0 aromatic heterocycles. The monoisotopic (exact) mass is 278 g/mol. The Balaban J connectivity index is 2.67. The average Bonchev–Trinajstić information content (AvgIpc) is 2.32. The van der Waals surface area contributed by atoms with E-state index in [2.05, 4.69) is 63.2 Å². The number of aliphatic hydroxyl groups excluding tert-OH is 1. The highest BCUT2D eigenvalue weighted by molar-refractivity contribution is 5.53. The van der Waals surface area contributed by atoms with E-state index in [1.54, 1.807) is 0 Å². The summed E-state index contributed by atoms with van der Waals surface area (Å²) >= 11 is 0. The molecule has 0 radical (unpaired) electrons. The van der Waals surface area contributed by atoms with Gasteiger partial charge >= 0.3 is 0 Å². The lowest BCUT2D eigenvalue weighted by molar-refractivity contribution is 0.187. The fourth-order valence-corrected chi connectivity index (χ4v) is 2.12. The molecule has 1 aromatic rings. The maximum atomic E-state index is 9.37. The van der Waals surface area contributed by atoms with Crippen LogP contribution in [-0.4, -0.2) is 30.3 Å². The lowest BCUT2D eigenvalue weighted by Gasteiger charge is -2.24. The Morgan fingerprint density at radius 1 is 1.30 bits per heavy atom. The van der Waals surface area contributed by atoms with Gasteiger partial charge in [0.1, 0.15) is 0 Å². The zero-order valence-corrected chi connectivity index (χ0v) is 13.8. The summed E-state index contributed by atoms with van der Waals surface area (Å²) in [7, 11) is 2.08. The molecule has 0 amide bonds. The molecule has 1 atom stereocenters. The maximum Gasteiger partial charge on any atom is 0.0528 e. The summed E-state index contributed by atoms with van der Waals surface area (Å²) in [6.45, 7) is 12.3.